The SMILES string of the molecule is CCNCCOc1cccc2c1ccn2S(=O)(=O)c1ccccc1. The van der Waals surface area contributed by atoms with E-state index < -0.39 is 10.0 Å². The predicted octanol–water partition coefficient (Wildman–Crippen LogP) is 2.87. The fraction of sp³-hybridized carbons (Fsp3) is 0.222. The predicted molar refractivity (Wildman–Crippen MR) is 95.0 cm³/mol. The zero-order valence-electron chi connectivity index (χ0n) is 13.5. The van der Waals surface area contributed by atoms with Gasteiger partial charge in [-0.2, -0.15) is 0 Å². The largest absolute Gasteiger partial charge is 0.492 e. The van der Waals surface area contributed by atoms with Gasteiger partial charge in [-0.1, -0.05) is 31.2 Å². The van der Waals surface area contributed by atoms with Crippen molar-refractivity contribution >= 4 is 20.9 Å². The molecule has 126 valence electrons. The van der Waals surface area contributed by atoms with Gasteiger partial charge in [0.2, 0.25) is 0 Å². The van der Waals surface area contributed by atoms with Crippen LogP contribution in [0.15, 0.2) is 65.7 Å². The molecule has 3 rings (SSSR count). The van der Waals surface area contributed by atoms with Crippen molar-refractivity contribution in [3.05, 3.63) is 60.8 Å². The van der Waals surface area contributed by atoms with Gasteiger partial charge in [0, 0.05) is 18.1 Å². The van der Waals surface area contributed by atoms with Gasteiger partial charge in [0.1, 0.15) is 12.4 Å². The summed E-state index contributed by atoms with van der Waals surface area (Å²) in [5, 5.41) is 3.98. The lowest BCUT2D eigenvalue weighted by Crippen LogP contribution is -2.20. The summed E-state index contributed by atoms with van der Waals surface area (Å²) in [6.07, 6.45) is 1.57. The fourth-order valence-electron chi connectivity index (χ4n) is 2.57. The summed E-state index contributed by atoms with van der Waals surface area (Å²) >= 11 is 0. The topological polar surface area (TPSA) is 60.3 Å². The molecule has 0 atom stereocenters. The van der Waals surface area contributed by atoms with Crippen LogP contribution >= 0.6 is 0 Å². The first kappa shape index (κ1) is 16.5. The number of aromatic nitrogens is 1. The second-order valence-corrected chi connectivity index (χ2v) is 7.14. The minimum absolute atomic E-state index is 0.265. The molecule has 24 heavy (non-hydrogen) atoms. The lowest BCUT2D eigenvalue weighted by Gasteiger charge is -2.10. The molecule has 0 radical (unpaired) electrons. The number of hydrogen-bond donors (Lipinski definition) is 1. The van der Waals surface area contributed by atoms with E-state index in [1.54, 1.807) is 48.7 Å². The van der Waals surface area contributed by atoms with E-state index in [0.717, 1.165) is 18.5 Å². The Balaban J connectivity index is 1.97. The molecule has 0 aliphatic carbocycles. The molecular formula is C18H20N2O3S. The van der Waals surface area contributed by atoms with Crippen molar-refractivity contribution in [2.24, 2.45) is 0 Å². The zero-order valence-corrected chi connectivity index (χ0v) is 14.3. The van der Waals surface area contributed by atoms with Crippen LogP contribution in [0.4, 0.5) is 0 Å². The van der Waals surface area contributed by atoms with Crippen LogP contribution in [0, 0.1) is 0 Å². The summed E-state index contributed by atoms with van der Waals surface area (Å²) < 4.78 is 32.7. The fourth-order valence-corrected chi connectivity index (χ4v) is 3.93. The van der Waals surface area contributed by atoms with E-state index in [1.807, 2.05) is 19.1 Å². The maximum atomic E-state index is 12.8. The third-order valence-corrected chi connectivity index (χ3v) is 5.45. The number of nitrogens with zero attached hydrogens (tertiary/aromatic N) is 1. The van der Waals surface area contributed by atoms with Crippen LogP contribution in [0.3, 0.4) is 0 Å². The van der Waals surface area contributed by atoms with Gasteiger partial charge in [0.15, 0.2) is 0 Å². The normalized spacial score (nSPS) is 11.7. The minimum Gasteiger partial charge on any atom is -0.492 e. The van der Waals surface area contributed by atoms with Crippen LogP contribution in [0.2, 0.25) is 0 Å². The number of fused-ring (bicyclic) bond motifs is 1. The molecule has 6 heteroatoms. The summed E-state index contributed by atoms with van der Waals surface area (Å²) in [5.74, 6) is 0.687. The Morgan fingerprint density at radius 2 is 1.83 bits per heavy atom. The molecule has 1 aromatic heterocycles. The van der Waals surface area contributed by atoms with E-state index >= 15 is 0 Å². The summed E-state index contributed by atoms with van der Waals surface area (Å²) in [5.41, 5.74) is 0.611. The smallest absolute Gasteiger partial charge is 0.268 e. The molecule has 1 heterocycles. The van der Waals surface area contributed by atoms with Crippen LogP contribution in [-0.2, 0) is 10.0 Å². The van der Waals surface area contributed by atoms with E-state index in [9.17, 15) is 8.42 Å². The number of likely N-dealkylation sites (N-methyl/N-ethyl adjacent to an activating group) is 1. The van der Waals surface area contributed by atoms with Gasteiger partial charge in [-0.25, -0.2) is 12.4 Å². The van der Waals surface area contributed by atoms with Crippen LogP contribution in [0.1, 0.15) is 6.92 Å². The van der Waals surface area contributed by atoms with Crippen LogP contribution in [0.25, 0.3) is 10.9 Å². The Hall–Kier alpha value is -2.31. The van der Waals surface area contributed by atoms with Gasteiger partial charge in [-0.15, -0.1) is 0 Å². The third-order valence-electron chi connectivity index (χ3n) is 3.74. The molecule has 0 bridgehead atoms. The number of nitrogens with one attached hydrogen (secondary N) is 1. The first-order chi connectivity index (χ1) is 11.6. The Morgan fingerprint density at radius 3 is 2.58 bits per heavy atom. The molecule has 3 aromatic rings. The monoisotopic (exact) mass is 344 g/mol. The molecule has 1 N–H and O–H groups in total. The van der Waals surface area contributed by atoms with Gasteiger partial charge in [0.25, 0.3) is 10.0 Å². The molecule has 0 unspecified atom stereocenters. The summed E-state index contributed by atoms with van der Waals surface area (Å²) in [4.78, 5) is 0.265. The number of ether oxygens (including phenoxy) is 1. The molecule has 5 nitrogen and oxygen atoms in total. The maximum Gasteiger partial charge on any atom is 0.268 e. The molecular weight excluding hydrogens is 324 g/mol. The van der Waals surface area contributed by atoms with Crippen LogP contribution in [-0.4, -0.2) is 32.1 Å². The summed E-state index contributed by atoms with van der Waals surface area (Å²) in [6, 6.07) is 15.6. The first-order valence-corrected chi connectivity index (χ1v) is 9.33. The van der Waals surface area contributed by atoms with E-state index in [2.05, 4.69) is 5.32 Å². The zero-order chi connectivity index (χ0) is 17.0. The van der Waals surface area contributed by atoms with Crippen LogP contribution < -0.4 is 10.1 Å². The van der Waals surface area contributed by atoms with Crippen molar-refractivity contribution in [1.29, 1.82) is 0 Å². The molecule has 2 aromatic carbocycles. The molecule has 0 fully saturated rings. The van der Waals surface area contributed by atoms with Gasteiger partial charge in [-0.3, -0.25) is 0 Å². The molecule has 0 aliphatic rings. The Labute approximate surface area is 141 Å². The van der Waals surface area contributed by atoms with Crippen LogP contribution in [0.5, 0.6) is 5.75 Å². The highest BCUT2D eigenvalue weighted by atomic mass is 32.2. The number of benzene rings is 2. The van der Waals surface area contributed by atoms with Gasteiger partial charge >= 0.3 is 0 Å². The first-order valence-electron chi connectivity index (χ1n) is 7.89. The molecule has 0 spiro atoms. The van der Waals surface area contributed by atoms with E-state index in [4.69, 9.17) is 4.74 Å². The van der Waals surface area contributed by atoms with Crippen molar-refractivity contribution in [3.63, 3.8) is 0 Å². The highest BCUT2D eigenvalue weighted by Crippen LogP contribution is 2.29. The average Bonchev–Trinajstić information content (AvgIpc) is 3.05. The van der Waals surface area contributed by atoms with Crippen molar-refractivity contribution in [1.82, 2.24) is 9.29 Å². The van der Waals surface area contributed by atoms with Crippen molar-refractivity contribution in [2.45, 2.75) is 11.8 Å². The summed E-state index contributed by atoms with van der Waals surface area (Å²) in [6.45, 7) is 4.20. The van der Waals surface area contributed by atoms with E-state index in [0.29, 0.717) is 17.9 Å². The Morgan fingerprint density at radius 1 is 1.04 bits per heavy atom. The quantitative estimate of drug-likeness (QED) is 0.670. The van der Waals surface area contributed by atoms with E-state index in [-0.39, 0.29) is 4.90 Å². The lowest BCUT2D eigenvalue weighted by atomic mass is 10.2. The number of rotatable bonds is 7. The highest BCUT2D eigenvalue weighted by molar-refractivity contribution is 7.90. The minimum atomic E-state index is -3.62. The molecule has 0 aliphatic heterocycles. The molecule has 0 saturated heterocycles. The van der Waals surface area contributed by atoms with Gasteiger partial charge in [-0.05, 0) is 36.9 Å². The van der Waals surface area contributed by atoms with Crippen molar-refractivity contribution < 1.29 is 13.2 Å². The lowest BCUT2D eigenvalue weighted by molar-refractivity contribution is 0.319. The van der Waals surface area contributed by atoms with E-state index in [1.165, 1.54) is 3.97 Å². The Kier molecular flexibility index (Phi) is 4.87. The number of hydrogen-bond acceptors (Lipinski definition) is 4. The second-order valence-electron chi connectivity index (χ2n) is 5.32. The van der Waals surface area contributed by atoms with Crippen molar-refractivity contribution in [2.75, 3.05) is 19.7 Å². The molecule has 0 saturated carbocycles. The molecule has 0 amide bonds. The maximum absolute atomic E-state index is 12.8. The highest BCUT2D eigenvalue weighted by Gasteiger charge is 2.19. The second kappa shape index (κ2) is 7.07. The average molecular weight is 344 g/mol. The third kappa shape index (κ3) is 3.16. The Bertz CT molecular complexity index is 918. The standard InChI is InChI=1S/C18H20N2O3S/c1-2-19-12-14-23-18-10-6-9-17-16(18)11-13-20(17)24(21,22)15-7-4-3-5-8-15/h3-11,13,19H,2,12,14H2,1H3. The van der Waals surface area contributed by atoms with Gasteiger partial charge in [0.05, 0.1) is 10.4 Å². The summed E-state index contributed by atoms with van der Waals surface area (Å²) in [7, 11) is -3.62. The van der Waals surface area contributed by atoms with Crippen molar-refractivity contribution in [3.8, 4) is 5.75 Å². The van der Waals surface area contributed by atoms with Gasteiger partial charge < -0.3 is 10.1 Å².